The Kier molecular flexibility index (Phi) is 2.89. The average molecular weight is 274 g/mol. The summed E-state index contributed by atoms with van der Waals surface area (Å²) in [4.78, 5) is 3.91. The summed E-state index contributed by atoms with van der Waals surface area (Å²) in [5.41, 5.74) is 1.16. The fourth-order valence-electron chi connectivity index (χ4n) is 1.62. The number of hydrogen-bond donors (Lipinski definition) is 1. The van der Waals surface area contributed by atoms with Gasteiger partial charge in [-0.2, -0.15) is 0 Å². The van der Waals surface area contributed by atoms with Crippen molar-refractivity contribution in [1.82, 2.24) is 15.2 Å². The van der Waals surface area contributed by atoms with E-state index in [1.165, 1.54) is 6.07 Å². The van der Waals surface area contributed by atoms with Gasteiger partial charge >= 0.3 is 0 Å². The molecular weight excluding hydrogens is 266 g/mol. The fraction of sp³-hybridized carbons (Fsp3) is 0. The summed E-state index contributed by atoms with van der Waals surface area (Å²) >= 11 is 5.88. The van der Waals surface area contributed by atoms with E-state index in [0.717, 1.165) is 5.56 Å². The van der Waals surface area contributed by atoms with Crippen LogP contribution in [0.4, 0.5) is 0 Å². The van der Waals surface area contributed by atoms with Crippen molar-refractivity contribution < 1.29 is 9.52 Å². The molecule has 0 amide bonds. The number of benzene rings is 1. The highest BCUT2D eigenvalue weighted by molar-refractivity contribution is 6.30. The Labute approximate surface area is 113 Å². The minimum Gasteiger partial charge on any atom is -0.507 e. The molecule has 6 heteroatoms. The normalized spacial score (nSPS) is 10.6. The van der Waals surface area contributed by atoms with Gasteiger partial charge in [-0.3, -0.25) is 4.98 Å². The van der Waals surface area contributed by atoms with Crippen LogP contribution in [0.15, 0.2) is 47.1 Å². The number of pyridine rings is 1. The van der Waals surface area contributed by atoms with Crippen molar-refractivity contribution in [2.24, 2.45) is 0 Å². The van der Waals surface area contributed by atoms with Gasteiger partial charge in [-0.15, -0.1) is 10.2 Å². The van der Waals surface area contributed by atoms with Crippen LogP contribution in [0, 0.1) is 0 Å². The van der Waals surface area contributed by atoms with Crippen LogP contribution in [0.2, 0.25) is 5.02 Å². The van der Waals surface area contributed by atoms with E-state index in [2.05, 4.69) is 15.2 Å². The second-order valence-electron chi connectivity index (χ2n) is 3.81. The lowest BCUT2D eigenvalue weighted by molar-refractivity contribution is 0.473. The van der Waals surface area contributed by atoms with Gasteiger partial charge in [-0.05, 0) is 30.3 Å². The van der Waals surface area contributed by atoms with Crippen LogP contribution in [0.5, 0.6) is 5.75 Å². The second kappa shape index (κ2) is 4.70. The summed E-state index contributed by atoms with van der Waals surface area (Å²) in [5.74, 6) is 0.609. The van der Waals surface area contributed by atoms with E-state index in [9.17, 15) is 5.11 Å². The molecule has 0 atom stereocenters. The molecule has 1 N–H and O–H groups in total. The van der Waals surface area contributed by atoms with Gasteiger partial charge in [0.1, 0.15) is 5.75 Å². The molecule has 5 nitrogen and oxygen atoms in total. The van der Waals surface area contributed by atoms with E-state index in [0.29, 0.717) is 16.5 Å². The smallest absolute Gasteiger partial charge is 0.251 e. The largest absolute Gasteiger partial charge is 0.507 e. The fourth-order valence-corrected chi connectivity index (χ4v) is 1.79. The highest BCUT2D eigenvalue weighted by Crippen LogP contribution is 2.32. The highest BCUT2D eigenvalue weighted by atomic mass is 35.5. The lowest BCUT2D eigenvalue weighted by Crippen LogP contribution is -1.79. The molecule has 94 valence electrons. The molecule has 0 radical (unpaired) electrons. The first-order valence-corrected chi connectivity index (χ1v) is 5.84. The zero-order chi connectivity index (χ0) is 13.2. The predicted molar refractivity (Wildman–Crippen MR) is 69.6 cm³/mol. The molecule has 1 aromatic carbocycles. The second-order valence-corrected chi connectivity index (χ2v) is 4.25. The van der Waals surface area contributed by atoms with Crippen LogP contribution in [0.25, 0.3) is 22.9 Å². The molecule has 2 aromatic heterocycles. The molecule has 19 heavy (non-hydrogen) atoms. The minimum absolute atomic E-state index is 0.0364. The maximum absolute atomic E-state index is 9.77. The Morgan fingerprint density at radius 3 is 2.53 bits per heavy atom. The lowest BCUT2D eigenvalue weighted by Gasteiger charge is -1.99. The molecule has 0 aliphatic heterocycles. The molecule has 0 unspecified atom stereocenters. The number of aromatic hydroxyl groups is 1. The third kappa shape index (κ3) is 2.28. The molecule has 0 aliphatic rings. The third-order valence-electron chi connectivity index (χ3n) is 2.54. The molecular formula is C13H8ClN3O2. The highest BCUT2D eigenvalue weighted by Gasteiger charge is 2.14. The Bertz CT molecular complexity index is 713. The SMILES string of the molecule is Oc1ccc(Cl)cc1-c1nnc(-c2ccncc2)o1. The number of aromatic nitrogens is 3. The van der Waals surface area contributed by atoms with Crippen LogP contribution in [-0.2, 0) is 0 Å². The van der Waals surface area contributed by atoms with Crippen molar-refractivity contribution in [2.45, 2.75) is 0 Å². The Morgan fingerprint density at radius 1 is 1.00 bits per heavy atom. The topological polar surface area (TPSA) is 72.0 Å². The molecule has 0 spiro atoms. The molecule has 3 rings (SSSR count). The summed E-state index contributed by atoms with van der Waals surface area (Å²) < 4.78 is 5.52. The van der Waals surface area contributed by atoms with E-state index in [4.69, 9.17) is 16.0 Å². The van der Waals surface area contributed by atoms with Crippen molar-refractivity contribution in [3.05, 3.63) is 47.7 Å². The van der Waals surface area contributed by atoms with Gasteiger partial charge in [-0.1, -0.05) is 11.6 Å². The zero-order valence-corrected chi connectivity index (χ0v) is 10.4. The number of rotatable bonds is 2. The Hall–Kier alpha value is -2.40. The van der Waals surface area contributed by atoms with Gasteiger partial charge < -0.3 is 9.52 Å². The number of nitrogens with zero attached hydrogens (tertiary/aromatic N) is 3. The van der Waals surface area contributed by atoms with Gasteiger partial charge in [0, 0.05) is 23.0 Å². The van der Waals surface area contributed by atoms with E-state index in [-0.39, 0.29) is 11.6 Å². The molecule has 0 saturated heterocycles. The molecule has 0 bridgehead atoms. The van der Waals surface area contributed by atoms with Crippen LogP contribution >= 0.6 is 11.6 Å². The quantitative estimate of drug-likeness (QED) is 0.776. The predicted octanol–water partition coefficient (Wildman–Crippen LogP) is 3.16. The molecule has 3 aromatic rings. The van der Waals surface area contributed by atoms with E-state index in [1.807, 2.05) is 0 Å². The first-order chi connectivity index (χ1) is 9.24. The van der Waals surface area contributed by atoms with Crippen LogP contribution in [-0.4, -0.2) is 20.3 Å². The maximum Gasteiger partial charge on any atom is 0.251 e. The number of phenolic OH excluding ortho intramolecular Hbond substituents is 1. The van der Waals surface area contributed by atoms with Crippen LogP contribution < -0.4 is 0 Å². The van der Waals surface area contributed by atoms with Crippen molar-refractivity contribution >= 4 is 11.6 Å². The Balaban J connectivity index is 2.04. The van der Waals surface area contributed by atoms with E-state index in [1.54, 1.807) is 36.7 Å². The minimum atomic E-state index is 0.0364. The molecule has 2 heterocycles. The molecule has 0 saturated carbocycles. The number of phenols is 1. The number of halogens is 1. The van der Waals surface area contributed by atoms with Crippen LogP contribution in [0.1, 0.15) is 0 Å². The van der Waals surface area contributed by atoms with Crippen molar-refractivity contribution in [1.29, 1.82) is 0 Å². The monoisotopic (exact) mass is 273 g/mol. The average Bonchev–Trinajstić information content (AvgIpc) is 2.92. The summed E-state index contributed by atoms with van der Waals surface area (Å²) in [5, 5.41) is 18.1. The first kappa shape index (κ1) is 11.7. The van der Waals surface area contributed by atoms with Gasteiger partial charge in [0.15, 0.2) is 0 Å². The van der Waals surface area contributed by atoms with Gasteiger partial charge in [0.25, 0.3) is 5.89 Å². The van der Waals surface area contributed by atoms with Gasteiger partial charge in [0.05, 0.1) is 5.56 Å². The van der Waals surface area contributed by atoms with E-state index >= 15 is 0 Å². The zero-order valence-electron chi connectivity index (χ0n) is 9.62. The van der Waals surface area contributed by atoms with Gasteiger partial charge in [-0.25, -0.2) is 0 Å². The maximum atomic E-state index is 9.77. The summed E-state index contributed by atoms with van der Waals surface area (Å²) in [6.45, 7) is 0. The van der Waals surface area contributed by atoms with Crippen molar-refractivity contribution in [3.8, 4) is 28.7 Å². The molecule has 0 aliphatic carbocycles. The van der Waals surface area contributed by atoms with E-state index < -0.39 is 0 Å². The van der Waals surface area contributed by atoms with Crippen LogP contribution in [0.3, 0.4) is 0 Å². The lowest BCUT2D eigenvalue weighted by atomic mass is 10.2. The Morgan fingerprint density at radius 2 is 1.74 bits per heavy atom. The molecule has 0 fully saturated rings. The standard InChI is InChI=1S/C13H8ClN3O2/c14-9-1-2-11(18)10(7-9)13-17-16-12(19-13)8-3-5-15-6-4-8/h1-7,18H. The van der Waals surface area contributed by atoms with Crippen molar-refractivity contribution in [2.75, 3.05) is 0 Å². The number of hydrogen-bond acceptors (Lipinski definition) is 5. The summed E-state index contributed by atoms with van der Waals surface area (Å²) in [6.07, 6.45) is 3.27. The summed E-state index contributed by atoms with van der Waals surface area (Å²) in [6, 6.07) is 8.15. The third-order valence-corrected chi connectivity index (χ3v) is 2.78. The van der Waals surface area contributed by atoms with Gasteiger partial charge in [0.2, 0.25) is 5.89 Å². The summed E-state index contributed by atoms with van der Waals surface area (Å²) in [7, 11) is 0. The first-order valence-electron chi connectivity index (χ1n) is 5.47. The van der Waals surface area contributed by atoms with Crippen molar-refractivity contribution in [3.63, 3.8) is 0 Å².